The Bertz CT molecular complexity index is 1060. The van der Waals surface area contributed by atoms with Crippen molar-refractivity contribution < 1.29 is 22.7 Å². The van der Waals surface area contributed by atoms with Crippen LogP contribution in [0.25, 0.3) is 10.2 Å². The summed E-state index contributed by atoms with van der Waals surface area (Å²) in [5.74, 6) is -0.543. The van der Waals surface area contributed by atoms with Gasteiger partial charge in [0.15, 0.2) is 5.13 Å². The van der Waals surface area contributed by atoms with Crippen LogP contribution in [0.4, 0.5) is 24.0 Å². The summed E-state index contributed by atoms with van der Waals surface area (Å²) in [6.07, 6.45) is -4.77. The van der Waals surface area contributed by atoms with E-state index in [0.717, 1.165) is 17.0 Å². The smallest absolute Gasteiger partial charge is 0.406 e. The molecule has 0 saturated heterocycles. The number of amides is 1. The van der Waals surface area contributed by atoms with Crippen LogP contribution in [0, 0.1) is 0 Å². The van der Waals surface area contributed by atoms with Gasteiger partial charge in [-0.05, 0) is 50.5 Å². The number of nitrogens with zero attached hydrogens (tertiary/aromatic N) is 4. The lowest BCUT2D eigenvalue weighted by molar-refractivity contribution is -0.274. The molecule has 0 fully saturated rings. The topological polar surface area (TPSA) is 48.9 Å². The molecule has 0 aliphatic rings. The molecule has 0 aliphatic carbocycles. The molecule has 0 atom stereocenters. The van der Waals surface area contributed by atoms with Crippen molar-refractivity contribution in [2.45, 2.75) is 6.36 Å². The average molecular weight is 489 g/mol. The first kappa shape index (κ1) is 25.7. The molecular formula is C21H24ClF3N4O2S. The molecule has 6 nitrogen and oxygen atoms in total. The van der Waals surface area contributed by atoms with Gasteiger partial charge in [-0.1, -0.05) is 11.3 Å². The van der Waals surface area contributed by atoms with E-state index in [4.69, 9.17) is 0 Å². The van der Waals surface area contributed by atoms with Crippen LogP contribution in [0.2, 0.25) is 0 Å². The number of alkyl halides is 3. The Kier molecular flexibility index (Phi) is 8.33. The standard InChI is InChI=1S/C21H23F3N4O2S.ClH/c1-26(2)11-12-28(19(29)14-5-7-15(8-6-14)27(3)4)20-25-17-10-9-16(13-18(17)31-20)30-21(22,23)24;/h5-10,13H,11-12H2,1-4H3;1H. The largest absolute Gasteiger partial charge is 0.573 e. The Hall–Kier alpha value is -2.56. The third kappa shape index (κ3) is 6.47. The number of rotatable bonds is 7. The molecule has 0 saturated carbocycles. The van der Waals surface area contributed by atoms with Crippen molar-refractivity contribution in [2.75, 3.05) is 51.1 Å². The number of hydrogen-bond donors (Lipinski definition) is 0. The molecule has 0 spiro atoms. The highest BCUT2D eigenvalue weighted by molar-refractivity contribution is 7.22. The van der Waals surface area contributed by atoms with Crippen molar-refractivity contribution >= 4 is 50.7 Å². The van der Waals surface area contributed by atoms with Crippen LogP contribution in [-0.4, -0.2) is 63.4 Å². The van der Waals surface area contributed by atoms with Gasteiger partial charge in [-0.2, -0.15) is 0 Å². The summed E-state index contributed by atoms with van der Waals surface area (Å²) in [6.45, 7) is 0.979. The highest BCUT2D eigenvalue weighted by Crippen LogP contribution is 2.34. The van der Waals surface area contributed by atoms with E-state index in [0.29, 0.717) is 34.0 Å². The number of thiazole rings is 1. The van der Waals surface area contributed by atoms with Gasteiger partial charge >= 0.3 is 6.36 Å². The number of benzene rings is 2. The summed E-state index contributed by atoms with van der Waals surface area (Å²) in [5, 5.41) is 0.419. The molecule has 0 aliphatic heterocycles. The van der Waals surface area contributed by atoms with Gasteiger partial charge in [0.25, 0.3) is 5.91 Å². The Morgan fingerprint density at radius 1 is 1.03 bits per heavy atom. The number of hydrogen-bond acceptors (Lipinski definition) is 6. The SMILES string of the molecule is CN(C)CCN(C(=O)c1ccc(N(C)C)cc1)c1nc2ccc(OC(F)(F)F)cc2s1.Cl. The highest BCUT2D eigenvalue weighted by atomic mass is 35.5. The molecule has 2 aromatic carbocycles. The van der Waals surface area contributed by atoms with Crippen molar-refractivity contribution in [2.24, 2.45) is 0 Å². The third-order valence-corrected chi connectivity index (χ3v) is 5.50. The first-order valence-electron chi connectivity index (χ1n) is 9.44. The second kappa shape index (κ2) is 10.4. The van der Waals surface area contributed by atoms with E-state index in [9.17, 15) is 18.0 Å². The molecule has 1 amide bonds. The molecule has 0 radical (unpaired) electrons. The zero-order valence-corrected chi connectivity index (χ0v) is 19.6. The molecule has 174 valence electrons. The van der Waals surface area contributed by atoms with Crippen LogP contribution < -0.4 is 14.5 Å². The van der Waals surface area contributed by atoms with Crippen molar-refractivity contribution in [3.8, 4) is 5.75 Å². The van der Waals surface area contributed by atoms with Gasteiger partial charge in [-0.3, -0.25) is 9.69 Å². The monoisotopic (exact) mass is 488 g/mol. The minimum Gasteiger partial charge on any atom is -0.406 e. The second-order valence-corrected chi connectivity index (χ2v) is 8.38. The fourth-order valence-electron chi connectivity index (χ4n) is 2.85. The summed E-state index contributed by atoms with van der Waals surface area (Å²) in [7, 11) is 7.62. The Balaban J connectivity index is 0.00000363. The van der Waals surface area contributed by atoms with Crippen molar-refractivity contribution in [1.82, 2.24) is 9.88 Å². The van der Waals surface area contributed by atoms with Crippen molar-refractivity contribution in [1.29, 1.82) is 0 Å². The second-order valence-electron chi connectivity index (χ2n) is 7.38. The molecule has 0 unspecified atom stereocenters. The fourth-order valence-corrected chi connectivity index (χ4v) is 3.87. The molecule has 1 aromatic heterocycles. The number of carbonyl (C=O) groups excluding carboxylic acids is 1. The maximum absolute atomic E-state index is 13.3. The number of halogens is 4. The number of fused-ring (bicyclic) bond motifs is 1. The molecule has 1 heterocycles. The maximum Gasteiger partial charge on any atom is 0.573 e. The van der Waals surface area contributed by atoms with E-state index in [1.54, 1.807) is 17.0 Å². The molecule has 0 bridgehead atoms. The minimum absolute atomic E-state index is 0. The zero-order chi connectivity index (χ0) is 22.8. The lowest BCUT2D eigenvalue weighted by atomic mass is 10.1. The summed E-state index contributed by atoms with van der Waals surface area (Å²) in [5.41, 5.74) is 1.97. The third-order valence-electron chi connectivity index (χ3n) is 4.46. The van der Waals surface area contributed by atoms with Crippen LogP contribution in [-0.2, 0) is 0 Å². The Morgan fingerprint density at radius 3 is 2.25 bits per heavy atom. The van der Waals surface area contributed by atoms with E-state index in [1.807, 2.05) is 50.1 Å². The summed E-state index contributed by atoms with van der Waals surface area (Å²) < 4.78 is 42.1. The van der Waals surface area contributed by atoms with Crippen LogP contribution >= 0.6 is 23.7 Å². The van der Waals surface area contributed by atoms with E-state index in [-0.39, 0.29) is 24.1 Å². The minimum atomic E-state index is -4.77. The lowest BCUT2D eigenvalue weighted by Crippen LogP contribution is -2.36. The normalized spacial score (nSPS) is 11.4. The van der Waals surface area contributed by atoms with Gasteiger partial charge < -0.3 is 14.5 Å². The van der Waals surface area contributed by atoms with Crippen LogP contribution in [0.15, 0.2) is 42.5 Å². The van der Waals surface area contributed by atoms with E-state index in [2.05, 4.69) is 9.72 Å². The summed E-state index contributed by atoms with van der Waals surface area (Å²) in [4.78, 5) is 23.2. The van der Waals surface area contributed by atoms with Gasteiger partial charge in [0.05, 0.1) is 10.2 Å². The van der Waals surface area contributed by atoms with Crippen LogP contribution in [0.5, 0.6) is 5.75 Å². The molecule has 32 heavy (non-hydrogen) atoms. The molecular weight excluding hydrogens is 465 g/mol. The van der Waals surface area contributed by atoms with Crippen LogP contribution in [0.3, 0.4) is 0 Å². The van der Waals surface area contributed by atoms with Crippen LogP contribution in [0.1, 0.15) is 10.4 Å². The van der Waals surface area contributed by atoms with E-state index in [1.165, 1.54) is 18.2 Å². The first-order valence-corrected chi connectivity index (χ1v) is 10.3. The Morgan fingerprint density at radius 2 is 1.69 bits per heavy atom. The van der Waals surface area contributed by atoms with Crippen molar-refractivity contribution in [3.05, 3.63) is 48.0 Å². The van der Waals surface area contributed by atoms with Gasteiger partial charge in [0.2, 0.25) is 0 Å². The van der Waals surface area contributed by atoms with Crippen molar-refractivity contribution in [3.63, 3.8) is 0 Å². The molecule has 3 aromatic rings. The molecule has 0 N–H and O–H groups in total. The maximum atomic E-state index is 13.3. The summed E-state index contributed by atoms with van der Waals surface area (Å²) in [6, 6.07) is 11.2. The van der Waals surface area contributed by atoms with Gasteiger partial charge in [0, 0.05) is 44.5 Å². The van der Waals surface area contributed by atoms with E-state index >= 15 is 0 Å². The summed E-state index contributed by atoms with van der Waals surface area (Å²) >= 11 is 1.15. The number of ether oxygens (including phenoxy) is 1. The highest BCUT2D eigenvalue weighted by Gasteiger charge is 2.31. The average Bonchev–Trinajstić information content (AvgIpc) is 3.09. The molecule has 11 heteroatoms. The fraction of sp³-hybridized carbons (Fsp3) is 0.333. The van der Waals surface area contributed by atoms with Gasteiger partial charge in [-0.25, -0.2) is 4.98 Å². The number of aromatic nitrogens is 1. The quantitative estimate of drug-likeness (QED) is 0.474. The molecule has 3 rings (SSSR count). The lowest BCUT2D eigenvalue weighted by Gasteiger charge is -2.22. The predicted molar refractivity (Wildman–Crippen MR) is 125 cm³/mol. The number of carbonyl (C=O) groups is 1. The zero-order valence-electron chi connectivity index (χ0n) is 18.0. The van der Waals surface area contributed by atoms with Gasteiger partial charge in [-0.15, -0.1) is 25.6 Å². The number of anilines is 2. The first-order chi connectivity index (χ1) is 14.5. The van der Waals surface area contributed by atoms with Gasteiger partial charge in [0.1, 0.15) is 5.75 Å². The Labute approximate surface area is 194 Å². The number of likely N-dealkylation sites (N-methyl/N-ethyl adjacent to an activating group) is 1. The van der Waals surface area contributed by atoms with E-state index < -0.39 is 6.36 Å². The predicted octanol–water partition coefficient (Wildman–Crippen LogP) is 4.89.